The van der Waals surface area contributed by atoms with Crippen molar-refractivity contribution in [1.82, 2.24) is 5.32 Å². The van der Waals surface area contributed by atoms with Gasteiger partial charge in [0.05, 0.1) is 0 Å². The summed E-state index contributed by atoms with van der Waals surface area (Å²) in [5, 5.41) is 4.81. The summed E-state index contributed by atoms with van der Waals surface area (Å²) in [4.78, 5) is 25.9. The van der Waals surface area contributed by atoms with Gasteiger partial charge in [-0.3, -0.25) is 14.5 Å². The van der Waals surface area contributed by atoms with Gasteiger partial charge in [-0.1, -0.05) is 28.1 Å². The second-order valence-electron chi connectivity index (χ2n) is 5.29. The fourth-order valence-electron chi connectivity index (χ4n) is 2.62. The second kappa shape index (κ2) is 5.15. The standard InChI is InChI=1S/C16H15BrN2O2/c1-9-16(21)19(10(2)15(20)18-9)14-6-4-11-7-13(17)5-3-12(11)8-14/h3-10H,1-2H3,(H,18,20). The zero-order valence-electron chi connectivity index (χ0n) is 11.8. The number of hydrogen-bond donors (Lipinski definition) is 1. The monoisotopic (exact) mass is 346 g/mol. The average Bonchev–Trinajstić information content (AvgIpc) is 2.45. The van der Waals surface area contributed by atoms with Crippen molar-refractivity contribution in [3.63, 3.8) is 0 Å². The van der Waals surface area contributed by atoms with Crippen molar-refractivity contribution in [2.24, 2.45) is 0 Å². The maximum atomic E-state index is 12.4. The molecule has 3 rings (SSSR count). The van der Waals surface area contributed by atoms with Crippen LogP contribution >= 0.6 is 15.9 Å². The van der Waals surface area contributed by atoms with Crippen LogP contribution in [-0.2, 0) is 9.59 Å². The van der Waals surface area contributed by atoms with Gasteiger partial charge in [0.15, 0.2) is 0 Å². The molecular formula is C16H15BrN2O2. The average molecular weight is 347 g/mol. The Hall–Kier alpha value is -1.88. The summed E-state index contributed by atoms with van der Waals surface area (Å²) in [7, 11) is 0. The van der Waals surface area contributed by atoms with Gasteiger partial charge in [0, 0.05) is 10.2 Å². The molecule has 1 heterocycles. The third-order valence-corrected chi connectivity index (χ3v) is 4.29. The molecule has 0 bridgehead atoms. The van der Waals surface area contributed by atoms with Crippen LogP contribution in [0, 0.1) is 0 Å². The first-order valence-corrected chi connectivity index (χ1v) is 7.59. The van der Waals surface area contributed by atoms with Crippen molar-refractivity contribution in [1.29, 1.82) is 0 Å². The summed E-state index contributed by atoms with van der Waals surface area (Å²) in [6.45, 7) is 3.45. The van der Waals surface area contributed by atoms with E-state index in [9.17, 15) is 9.59 Å². The second-order valence-corrected chi connectivity index (χ2v) is 6.21. The van der Waals surface area contributed by atoms with Crippen LogP contribution in [-0.4, -0.2) is 23.9 Å². The highest BCUT2D eigenvalue weighted by Gasteiger charge is 2.36. The molecule has 2 unspecified atom stereocenters. The number of carbonyl (C=O) groups excluding carboxylic acids is 2. The molecule has 0 radical (unpaired) electrons. The van der Waals surface area contributed by atoms with Gasteiger partial charge in [-0.05, 0) is 48.9 Å². The lowest BCUT2D eigenvalue weighted by atomic mass is 10.1. The van der Waals surface area contributed by atoms with Crippen LogP contribution in [0.4, 0.5) is 5.69 Å². The number of nitrogens with one attached hydrogen (secondary N) is 1. The number of rotatable bonds is 1. The molecular weight excluding hydrogens is 332 g/mol. The zero-order chi connectivity index (χ0) is 15.1. The Morgan fingerprint density at radius 3 is 2.48 bits per heavy atom. The molecule has 1 aliphatic heterocycles. The summed E-state index contributed by atoms with van der Waals surface area (Å²) in [5.41, 5.74) is 0.754. The summed E-state index contributed by atoms with van der Waals surface area (Å²) in [6, 6.07) is 10.8. The predicted octanol–water partition coefficient (Wildman–Crippen LogP) is 2.84. The molecule has 0 aromatic heterocycles. The summed E-state index contributed by atoms with van der Waals surface area (Å²) < 4.78 is 1.01. The van der Waals surface area contributed by atoms with Crippen LogP contribution in [0.2, 0.25) is 0 Å². The molecule has 2 atom stereocenters. The van der Waals surface area contributed by atoms with E-state index in [0.717, 1.165) is 20.9 Å². The molecule has 1 saturated heterocycles. The fourth-order valence-corrected chi connectivity index (χ4v) is 3.00. The van der Waals surface area contributed by atoms with E-state index in [4.69, 9.17) is 0 Å². The Morgan fingerprint density at radius 1 is 1.05 bits per heavy atom. The highest BCUT2D eigenvalue weighted by Crippen LogP contribution is 2.27. The molecule has 2 aromatic carbocycles. The quantitative estimate of drug-likeness (QED) is 0.863. The van der Waals surface area contributed by atoms with Crippen LogP contribution in [0.3, 0.4) is 0 Å². The Balaban J connectivity index is 2.07. The van der Waals surface area contributed by atoms with Gasteiger partial charge in [0.1, 0.15) is 12.1 Å². The Bertz CT molecular complexity index is 744. The van der Waals surface area contributed by atoms with Crippen molar-refractivity contribution in [2.75, 3.05) is 4.90 Å². The number of fused-ring (bicyclic) bond motifs is 1. The fraction of sp³-hybridized carbons (Fsp3) is 0.250. The molecule has 0 saturated carbocycles. The van der Waals surface area contributed by atoms with Gasteiger partial charge < -0.3 is 5.32 Å². The van der Waals surface area contributed by atoms with Crippen molar-refractivity contribution in [3.05, 3.63) is 40.9 Å². The van der Waals surface area contributed by atoms with Gasteiger partial charge in [-0.15, -0.1) is 0 Å². The summed E-state index contributed by atoms with van der Waals surface area (Å²) >= 11 is 3.44. The van der Waals surface area contributed by atoms with Crippen LogP contribution in [0.1, 0.15) is 13.8 Å². The highest BCUT2D eigenvalue weighted by molar-refractivity contribution is 9.10. The Morgan fingerprint density at radius 2 is 1.71 bits per heavy atom. The molecule has 5 heteroatoms. The number of anilines is 1. The maximum absolute atomic E-state index is 12.4. The first-order chi connectivity index (χ1) is 9.97. The molecule has 2 aromatic rings. The van der Waals surface area contributed by atoms with E-state index in [1.54, 1.807) is 18.7 Å². The number of halogens is 1. The molecule has 21 heavy (non-hydrogen) atoms. The van der Waals surface area contributed by atoms with Crippen LogP contribution in [0.25, 0.3) is 10.8 Å². The number of amides is 2. The SMILES string of the molecule is CC1NC(=O)C(C)N(c2ccc3cc(Br)ccc3c2)C1=O. The van der Waals surface area contributed by atoms with E-state index in [1.165, 1.54) is 0 Å². The summed E-state index contributed by atoms with van der Waals surface area (Å²) in [6.07, 6.45) is 0. The molecule has 1 N–H and O–H groups in total. The highest BCUT2D eigenvalue weighted by atomic mass is 79.9. The third-order valence-electron chi connectivity index (χ3n) is 3.80. The lowest BCUT2D eigenvalue weighted by Gasteiger charge is -2.36. The molecule has 4 nitrogen and oxygen atoms in total. The summed E-state index contributed by atoms with van der Waals surface area (Å²) in [5.74, 6) is -0.212. The van der Waals surface area contributed by atoms with Gasteiger partial charge >= 0.3 is 0 Å². The minimum absolute atomic E-state index is 0.0847. The van der Waals surface area contributed by atoms with E-state index < -0.39 is 12.1 Å². The molecule has 0 aliphatic carbocycles. The number of benzene rings is 2. The lowest BCUT2D eigenvalue weighted by molar-refractivity contribution is -0.133. The third kappa shape index (κ3) is 2.42. The van der Waals surface area contributed by atoms with Crippen molar-refractivity contribution in [3.8, 4) is 0 Å². The normalized spacial score (nSPS) is 22.5. The van der Waals surface area contributed by atoms with Gasteiger partial charge in [0.25, 0.3) is 0 Å². The van der Waals surface area contributed by atoms with E-state index >= 15 is 0 Å². The molecule has 1 fully saturated rings. The number of piperazine rings is 1. The minimum Gasteiger partial charge on any atom is -0.343 e. The maximum Gasteiger partial charge on any atom is 0.250 e. The molecule has 2 amide bonds. The largest absolute Gasteiger partial charge is 0.343 e. The topological polar surface area (TPSA) is 49.4 Å². The number of hydrogen-bond acceptors (Lipinski definition) is 2. The van der Waals surface area contributed by atoms with Gasteiger partial charge in [-0.2, -0.15) is 0 Å². The zero-order valence-corrected chi connectivity index (χ0v) is 13.3. The van der Waals surface area contributed by atoms with Crippen LogP contribution in [0.15, 0.2) is 40.9 Å². The van der Waals surface area contributed by atoms with Crippen LogP contribution < -0.4 is 10.2 Å². The lowest BCUT2D eigenvalue weighted by Crippen LogP contribution is -2.61. The molecule has 108 valence electrons. The van der Waals surface area contributed by atoms with Crippen molar-refractivity contribution < 1.29 is 9.59 Å². The smallest absolute Gasteiger partial charge is 0.250 e. The van der Waals surface area contributed by atoms with Crippen molar-refractivity contribution >= 4 is 44.2 Å². The van der Waals surface area contributed by atoms with E-state index in [-0.39, 0.29) is 11.8 Å². The number of carbonyl (C=O) groups is 2. The van der Waals surface area contributed by atoms with Crippen LogP contribution in [0.5, 0.6) is 0 Å². The Kier molecular flexibility index (Phi) is 3.45. The number of nitrogens with zero attached hydrogens (tertiary/aromatic N) is 1. The minimum atomic E-state index is -0.499. The molecule has 0 spiro atoms. The van der Waals surface area contributed by atoms with E-state index in [1.807, 2.05) is 36.4 Å². The Labute approximate surface area is 131 Å². The predicted molar refractivity (Wildman–Crippen MR) is 86.2 cm³/mol. The molecule has 1 aliphatic rings. The van der Waals surface area contributed by atoms with Crippen molar-refractivity contribution in [2.45, 2.75) is 25.9 Å². The first-order valence-electron chi connectivity index (χ1n) is 6.80. The van der Waals surface area contributed by atoms with E-state index in [2.05, 4.69) is 21.2 Å². The van der Waals surface area contributed by atoms with E-state index in [0.29, 0.717) is 0 Å². The van der Waals surface area contributed by atoms with Gasteiger partial charge in [-0.25, -0.2) is 0 Å². The first kappa shape index (κ1) is 14.1. The van der Waals surface area contributed by atoms with Gasteiger partial charge in [0.2, 0.25) is 11.8 Å².